The second-order valence-corrected chi connectivity index (χ2v) is 7.45. The molecule has 0 spiro atoms. The van der Waals surface area contributed by atoms with E-state index < -0.39 is 15.9 Å². The van der Waals surface area contributed by atoms with Gasteiger partial charge in [0.15, 0.2) is 9.84 Å². The zero-order valence-corrected chi connectivity index (χ0v) is 11.5. The first-order valence-corrected chi connectivity index (χ1v) is 8.52. The largest absolute Gasteiger partial charge is 0.386 e. The van der Waals surface area contributed by atoms with Crippen LogP contribution in [0.5, 0.6) is 0 Å². The summed E-state index contributed by atoms with van der Waals surface area (Å²) in [6, 6.07) is -0.158. The van der Waals surface area contributed by atoms with E-state index in [0.717, 1.165) is 45.8 Å². The van der Waals surface area contributed by atoms with Crippen LogP contribution in [0.3, 0.4) is 0 Å². The van der Waals surface area contributed by atoms with Gasteiger partial charge in [-0.1, -0.05) is 0 Å². The highest BCUT2D eigenvalue weighted by atomic mass is 32.2. The number of hydrogen-bond donors (Lipinski definition) is 3. The van der Waals surface area contributed by atoms with Crippen LogP contribution in [0.4, 0.5) is 0 Å². The summed E-state index contributed by atoms with van der Waals surface area (Å²) in [5.74, 6) is 0.0570. The van der Waals surface area contributed by atoms with Gasteiger partial charge in [0.05, 0.1) is 32.1 Å². The van der Waals surface area contributed by atoms with E-state index >= 15 is 0 Å². The van der Waals surface area contributed by atoms with Gasteiger partial charge in [0.25, 0.3) is 0 Å². The average Bonchev–Trinajstić information content (AvgIpc) is 2.59. The Balaban J connectivity index is 1.60. The van der Waals surface area contributed by atoms with E-state index in [-0.39, 0.29) is 17.5 Å². The van der Waals surface area contributed by atoms with Crippen LogP contribution >= 0.6 is 0 Å². The fourth-order valence-corrected chi connectivity index (χ4v) is 4.52. The molecule has 106 valence electrons. The quantitative estimate of drug-likeness (QED) is 0.448. The number of nitrogens with one attached hydrogen (secondary N) is 1. The van der Waals surface area contributed by atoms with Crippen molar-refractivity contribution in [2.45, 2.75) is 18.6 Å². The van der Waals surface area contributed by atoms with E-state index in [9.17, 15) is 13.5 Å². The predicted molar refractivity (Wildman–Crippen MR) is 66.2 cm³/mol. The third-order valence-corrected chi connectivity index (χ3v) is 5.51. The number of nitrogens with two attached hydrogens (primary N) is 1. The molecule has 6 nitrogen and oxygen atoms in total. The Kier molecular flexibility index (Phi) is 4.97. The number of morpholine rings is 1. The Morgan fingerprint density at radius 2 is 2.00 bits per heavy atom. The van der Waals surface area contributed by atoms with Gasteiger partial charge < -0.3 is 20.1 Å². The van der Waals surface area contributed by atoms with Crippen LogP contribution in [0.1, 0.15) is 6.42 Å². The third-order valence-electron chi connectivity index (χ3n) is 3.77. The maximum Gasteiger partial charge on any atom is 0.159 e. The molecule has 0 radical (unpaired) electrons. The van der Waals surface area contributed by atoms with Crippen LogP contribution in [0.25, 0.3) is 0 Å². The molecule has 2 atom stereocenters. The van der Waals surface area contributed by atoms with E-state index in [4.69, 9.17) is 4.74 Å². The highest BCUT2D eigenvalue weighted by Gasteiger charge is 2.38. The summed E-state index contributed by atoms with van der Waals surface area (Å²) in [4.78, 5) is 1.56. The molecule has 2 aliphatic rings. The van der Waals surface area contributed by atoms with Crippen LogP contribution in [-0.4, -0.2) is 76.6 Å². The van der Waals surface area contributed by atoms with Crippen LogP contribution < -0.4 is 10.2 Å². The van der Waals surface area contributed by atoms with Gasteiger partial charge in [-0.15, -0.1) is 0 Å². The second-order valence-electron chi connectivity index (χ2n) is 5.30. The lowest BCUT2D eigenvalue weighted by atomic mass is 10.2. The van der Waals surface area contributed by atoms with Gasteiger partial charge >= 0.3 is 0 Å². The van der Waals surface area contributed by atoms with E-state index in [2.05, 4.69) is 0 Å². The molecule has 0 bridgehead atoms. The smallest absolute Gasteiger partial charge is 0.159 e. The molecule has 18 heavy (non-hydrogen) atoms. The fourth-order valence-electron chi connectivity index (χ4n) is 2.68. The Labute approximate surface area is 108 Å². The van der Waals surface area contributed by atoms with Gasteiger partial charge in [-0.05, 0) is 0 Å². The summed E-state index contributed by atoms with van der Waals surface area (Å²) in [5, 5.41) is 11.6. The monoisotopic (exact) mass is 280 g/mol. The van der Waals surface area contributed by atoms with Gasteiger partial charge in [0, 0.05) is 6.42 Å². The highest BCUT2D eigenvalue weighted by Crippen LogP contribution is 2.08. The first-order chi connectivity index (χ1) is 8.57. The number of aliphatic hydroxyl groups excluding tert-OH is 1. The minimum atomic E-state index is -3.01. The molecule has 0 aliphatic carbocycles. The summed E-state index contributed by atoms with van der Waals surface area (Å²) < 4.78 is 28.0. The SMILES string of the molecule is O=S1(=O)C[C@H]([NH2+]CCC[NH+]2CCOCC2)[C@@H](O)C1. The highest BCUT2D eigenvalue weighted by molar-refractivity contribution is 7.91. The van der Waals surface area contributed by atoms with Crippen LogP contribution in [0.2, 0.25) is 0 Å². The van der Waals surface area contributed by atoms with Crippen molar-refractivity contribution in [1.29, 1.82) is 0 Å². The van der Waals surface area contributed by atoms with Crippen molar-refractivity contribution < 1.29 is 28.5 Å². The summed E-state index contributed by atoms with van der Waals surface area (Å²) in [5.41, 5.74) is 0. The molecule has 0 saturated carbocycles. The fraction of sp³-hybridized carbons (Fsp3) is 1.00. The minimum absolute atomic E-state index is 0.0666. The molecule has 2 aliphatic heterocycles. The summed E-state index contributed by atoms with van der Waals surface area (Å²) in [6.45, 7) is 5.83. The van der Waals surface area contributed by atoms with Crippen molar-refractivity contribution in [3.8, 4) is 0 Å². The molecular formula is C11H24N2O4S+2. The summed E-state index contributed by atoms with van der Waals surface area (Å²) >= 11 is 0. The lowest BCUT2D eigenvalue weighted by Gasteiger charge is -2.23. The van der Waals surface area contributed by atoms with E-state index in [0.29, 0.717) is 0 Å². The number of sulfone groups is 1. The minimum Gasteiger partial charge on any atom is -0.386 e. The Hall–Kier alpha value is -0.210. The van der Waals surface area contributed by atoms with Gasteiger partial charge in [0.2, 0.25) is 0 Å². The van der Waals surface area contributed by atoms with Crippen molar-refractivity contribution in [2.75, 3.05) is 50.9 Å². The molecule has 0 amide bonds. The van der Waals surface area contributed by atoms with Crippen LogP contribution in [0.15, 0.2) is 0 Å². The average molecular weight is 280 g/mol. The predicted octanol–water partition coefficient (Wildman–Crippen LogP) is -3.99. The molecule has 0 aromatic heterocycles. The number of ether oxygens (including phenoxy) is 1. The molecule has 2 fully saturated rings. The van der Waals surface area contributed by atoms with Gasteiger partial charge in [0.1, 0.15) is 31.0 Å². The van der Waals surface area contributed by atoms with Crippen molar-refractivity contribution in [3.63, 3.8) is 0 Å². The van der Waals surface area contributed by atoms with Crippen LogP contribution in [-0.2, 0) is 14.6 Å². The standard InChI is InChI=1S/C11H22N2O4S/c14-11-9-18(15,16)8-10(11)12-2-1-3-13-4-6-17-7-5-13/h10-12,14H,1-9H2/p+2/t10-,11-/m0/s1. The molecule has 4 N–H and O–H groups in total. The first kappa shape index (κ1) is 14.2. The Morgan fingerprint density at radius 1 is 1.28 bits per heavy atom. The second kappa shape index (κ2) is 6.29. The lowest BCUT2D eigenvalue weighted by Crippen LogP contribution is -3.14. The van der Waals surface area contributed by atoms with Crippen molar-refractivity contribution in [3.05, 3.63) is 0 Å². The normalized spacial score (nSPS) is 32.7. The lowest BCUT2D eigenvalue weighted by molar-refractivity contribution is -0.909. The van der Waals surface area contributed by atoms with Crippen molar-refractivity contribution in [2.24, 2.45) is 0 Å². The number of aliphatic hydroxyl groups is 1. The molecular weight excluding hydrogens is 256 g/mol. The molecule has 0 unspecified atom stereocenters. The molecule has 0 aromatic carbocycles. The number of hydrogen-bond acceptors (Lipinski definition) is 4. The van der Waals surface area contributed by atoms with Gasteiger partial charge in [-0.25, -0.2) is 8.42 Å². The number of quaternary nitrogens is 2. The number of rotatable bonds is 5. The van der Waals surface area contributed by atoms with E-state index in [1.54, 1.807) is 4.90 Å². The summed E-state index contributed by atoms with van der Waals surface area (Å²) in [6.07, 6.45) is 0.365. The van der Waals surface area contributed by atoms with E-state index in [1.807, 2.05) is 5.32 Å². The van der Waals surface area contributed by atoms with Crippen molar-refractivity contribution >= 4 is 9.84 Å². The van der Waals surface area contributed by atoms with Gasteiger partial charge in [-0.2, -0.15) is 0 Å². The zero-order chi connectivity index (χ0) is 13.0. The Bertz CT molecular complexity index is 354. The first-order valence-electron chi connectivity index (χ1n) is 6.70. The Morgan fingerprint density at radius 3 is 2.61 bits per heavy atom. The topological polar surface area (TPSA) is 84.7 Å². The van der Waals surface area contributed by atoms with E-state index in [1.165, 1.54) is 0 Å². The van der Waals surface area contributed by atoms with Crippen molar-refractivity contribution in [1.82, 2.24) is 0 Å². The molecule has 2 saturated heterocycles. The molecule has 0 aromatic rings. The zero-order valence-electron chi connectivity index (χ0n) is 10.7. The van der Waals surface area contributed by atoms with Crippen LogP contribution in [0, 0.1) is 0 Å². The maximum atomic E-state index is 11.3. The molecule has 2 heterocycles. The third kappa shape index (κ3) is 4.17. The molecule has 7 heteroatoms. The molecule has 2 rings (SSSR count). The maximum absolute atomic E-state index is 11.3. The summed E-state index contributed by atoms with van der Waals surface area (Å²) in [7, 11) is -3.01. The van der Waals surface area contributed by atoms with Gasteiger partial charge in [-0.3, -0.25) is 0 Å².